The maximum atomic E-state index is 13.0. The van der Waals surface area contributed by atoms with Gasteiger partial charge in [0.15, 0.2) is 6.29 Å². The number of carbonyl (C=O) groups excluding carboxylic acids is 1. The summed E-state index contributed by atoms with van der Waals surface area (Å²) in [7, 11) is 0. The summed E-state index contributed by atoms with van der Waals surface area (Å²) < 4.78 is 13.0. The molecule has 17 heavy (non-hydrogen) atoms. The van der Waals surface area contributed by atoms with Gasteiger partial charge in [-0.05, 0) is 17.7 Å². The number of aliphatic carboxylic acids is 1. The van der Waals surface area contributed by atoms with E-state index in [1.165, 1.54) is 6.07 Å². The van der Waals surface area contributed by atoms with Crippen LogP contribution in [0.1, 0.15) is 28.4 Å². The highest BCUT2D eigenvalue weighted by atomic mass is 19.1. The summed E-state index contributed by atoms with van der Waals surface area (Å²) in [5, 5.41) is 27.4. The zero-order chi connectivity index (χ0) is 13.0. The van der Waals surface area contributed by atoms with Crippen molar-refractivity contribution in [3.63, 3.8) is 0 Å². The molecule has 0 heterocycles. The fourth-order valence-corrected chi connectivity index (χ4v) is 1.35. The zero-order valence-corrected chi connectivity index (χ0v) is 8.71. The van der Waals surface area contributed by atoms with Crippen LogP contribution >= 0.6 is 0 Å². The first-order valence-corrected chi connectivity index (χ1v) is 4.78. The van der Waals surface area contributed by atoms with Crippen LogP contribution in [0.2, 0.25) is 0 Å². The first-order valence-electron chi connectivity index (χ1n) is 4.78. The number of hydrogen-bond donors (Lipinski definition) is 3. The first kappa shape index (κ1) is 13.3. The lowest BCUT2D eigenvalue weighted by molar-refractivity contribution is -0.141. The highest BCUT2D eigenvalue weighted by molar-refractivity contribution is 5.75. The lowest BCUT2D eigenvalue weighted by atomic mass is 10.0. The van der Waals surface area contributed by atoms with E-state index in [2.05, 4.69) is 0 Å². The number of hydrogen-bond acceptors (Lipinski definition) is 4. The van der Waals surface area contributed by atoms with E-state index in [9.17, 15) is 24.2 Å². The van der Waals surface area contributed by atoms with Crippen molar-refractivity contribution in [3.8, 4) is 0 Å². The number of rotatable bonds is 5. The summed E-state index contributed by atoms with van der Waals surface area (Å²) in [5.41, 5.74) is -0.175. The molecule has 2 atom stereocenters. The Labute approximate surface area is 96.1 Å². The molecule has 0 aliphatic carbocycles. The van der Waals surface area contributed by atoms with Crippen molar-refractivity contribution >= 4 is 12.3 Å². The third-order valence-electron chi connectivity index (χ3n) is 2.24. The Morgan fingerprint density at radius 3 is 2.59 bits per heavy atom. The van der Waals surface area contributed by atoms with Crippen LogP contribution in [0.5, 0.6) is 0 Å². The van der Waals surface area contributed by atoms with Crippen LogP contribution in [0, 0.1) is 5.82 Å². The second-order valence-corrected chi connectivity index (χ2v) is 3.51. The molecule has 0 fully saturated rings. The van der Waals surface area contributed by atoms with E-state index in [0.29, 0.717) is 0 Å². The van der Waals surface area contributed by atoms with Gasteiger partial charge in [-0.1, -0.05) is 6.07 Å². The van der Waals surface area contributed by atoms with E-state index < -0.39 is 30.4 Å². The molecule has 1 aromatic rings. The Kier molecular flexibility index (Phi) is 4.30. The average Bonchev–Trinajstić information content (AvgIpc) is 2.27. The molecule has 0 amide bonds. The van der Waals surface area contributed by atoms with Gasteiger partial charge in [-0.3, -0.25) is 9.59 Å². The van der Waals surface area contributed by atoms with Crippen LogP contribution in [0.3, 0.4) is 0 Å². The molecule has 1 rings (SSSR count). The predicted molar refractivity (Wildman–Crippen MR) is 55.0 cm³/mol. The van der Waals surface area contributed by atoms with E-state index in [4.69, 9.17) is 5.11 Å². The van der Waals surface area contributed by atoms with Crippen LogP contribution in [-0.4, -0.2) is 33.7 Å². The molecule has 2 unspecified atom stereocenters. The molecule has 0 saturated heterocycles. The van der Waals surface area contributed by atoms with Crippen molar-refractivity contribution in [2.45, 2.75) is 18.6 Å². The highest BCUT2D eigenvalue weighted by Gasteiger charge is 2.21. The van der Waals surface area contributed by atoms with E-state index in [0.717, 1.165) is 12.1 Å². The molecule has 1 aromatic carbocycles. The molecule has 0 aliphatic heterocycles. The molecule has 6 heteroatoms. The number of halogens is 1. The minimum absolute atomic E-state index is 0.0854. The Morgan fingerprint density at radius 2 is 2.06 bits per heavy atom. The van der Waals surface area contributed by atoms with E-state index >= 15 is 0 Å². The van der Waals surface area contributed by atoms with E-state index in [1.807, 2.05) is 0 Å². The summed E-state index contributed by atoms with van der Waals surface area (Å²) in [6, 6.07) is 3.21. The maximum Gasteiger partial charge on any atom is 0.306 e. The van der Waals surface area contributed by atoms with Crippen LogP contribution in [0.25, 0.3) is 0 Å². The van der Waals surface area contributed by atoms with Gasteiger partial charge < -0.3 is 15.3 Å². The summed E-state index contributed by atoms with van der Waals surface area (Å²) in [4.78, 5) is 20.8. The zero-order valence-electron chi connectivity index (χ0n) is 8.71. The summed E-state index contributed by atoms with van der Waals surface area (Å²) >= 11 is 0. The quantitative estimate of drug-likeness (QED) is 0.654. The second-order valence-electron chi connectivity index (χ2n) is 3.51. The summed E-state index contributed by atoms with van der Waals surface area (Å²) in [6.07, 6.45) is -3.37. The third-order valence-corrected chi connectivity index (χ3v) is 2.24. The first-order chi connectivity index (χ1) is 7.95. The van der Waals surface area contributed by atoms with Gasteiger partial charge in [0, 0.05) is 0 Å². The lowest BCUT2D eigenvalue weighted by Gasteiger charge is -2.16. The molecule has 0 spiro atoms. The smallest absolute Gasteiger partial charge is 0.306 e. The molecule has 0 radical (unpaired) electrons. The van der Waals surface area contributed by atoms with Gasteiger partial charge in [0.1, 0.15) is 11.9 Å². The molecule has 0 bridgehead atoms. The van der Waals surface area contributed by atoms with Gasteiger partial charge in [0.25, 0.3) is 0 Å². The number of carbonyl (C=O) groups is 2. The SMILES string of the molecule is O=Cc1cc(C(O)C(O)CC(=O)O)ccc1F. The largest absolute Gasteiger partial charge is 0.481 e. The van der Waals surface area contributed by atoms with Gasteiger partial charge in [-0.15, -0.1) is 0 Å². The molecular formula is C11H11FO5. The van der Waals surface area contributed by atoms with Gasteiger partial charge >= 0.3 is 5.97 Å². The van der Waals surface area contributed by atoms with Crippen molar-refractivity contribution < 1.29 is 29.3 Å². The lowest BCUT2D eigenvalue weighted by Crippen LogP contribution is -2.21. The summed E-state index contributed by atoms with van der Waals surface area (Å²) in [6.45, 7) is 0. The van der Waals surface area contributed by atoms with Crippen molar-refractivity contribution in [2.24, 2.45) is 0 Å². The van der Waals surface area contributed by atoms with Crippen molar-refractivity contribution in [3.05, 3.63) is 35.1 Å². The molecule has 3 N–H and O–H groups in total. The number of aldehydes is 1. The van der Waals surface area contributed by atoms with Crippen LogP contribution in [0.15, 0.2) is 18.2 Å². The molecule has 0 aromatic heterocycles. The van der Waals surface area contributed by atoms with Crippen molar-refractivity contribution in [1.29, 1.82) is 0 Å². The predicted octanol–water partition coefficient (Wildman–Crippen LogP) is 0.507. The second kappa shape index (κ2) is 5.51. The number of carboxylic acid groups (broad SMARTS) is 1. The minimum Gasteiger partial charge on any atom is -0.481 e. The number of aliphatic hydroxyl groups is 2. The molecular weight excluding hydrogens is 231 g/mol. The number of aliphatic hydroxyl groups excluding tert-OH is 2. The number of benzene rings is 1. The molecule has 0 saturated carbocycles. The third kappa shape index (κ3) is 3.33. The topological polar surface area (TPSA) is 94.8 Å². The Hall–Kier alpha value is -1.79. The van der Waals surface area contributed by atoms with Crippen LogP contribution in [-0.2, 0) is 4.79 Å². The highest BCUT2D eigenvalue weighted by Crippen LogP contribution is 2.21. The van der Waals surface area contributed by atoms with Gasteiger partial charge in [0.2, 0.25) is 0 Å². The van der Waals surface area contributed by atoms with Gasteiger partial charge in [-0.25, -0.2) is 4.39 Å². The fourth-order valence-electron chi connectivity index (χ4n) is 1.35. The van der Waals surface area contributed by atoms with Crippen LogP contribution < -0.4 is 0 Å². The molecule has 0 aliphatic rings. The molecule has 5 nitrogen and oxygen atoms in total. The van der Waals surface area contributed by atoms with Crippen LogP contribution in [0.4, 0.5) is 4.39 Å². The van der Waals surface area contributed by atoms with Crippen molar-refractivity contribution in [1.82, 2.24) is 0 Å². The normalized spacial score (nSPS) is 14.1. The van der Waals surface area contributed by atoms with Crippen molar-refractivity contribution in [2.75, 3.05) is 0 Å². The molecule has 92 valence electrons. The summed E-state index contributed by atoms with van der Waals surface area (Å²) in [5.74, 6) is -2.02. The number of carboxylic acids is 1. The Balaban J connectivity index is 2.92. The van der Waals surface area contributed by atoms with Gasteiger partial charge in [-0.2, -0.15) is 0 Å². The Bertz CT molecular complexity index is 432. The maximum absolute atomic E-state index is 13.0. The Morgan fingerprint density at radius 1 is 1.41 bits per heavy atom. The van der Waals surface area contributed by atoms with E-state index in [1.54, 1.807) is 0 Å². The monoisotopic (exact) mass is 242 g/mol. The van der Waals surface area contributed by atoms with Gasteiger partial charge in [0.05, 0.1) is 18.1 Å². The standard InChI is InChI=1S/C11H11FO5/c12-8-2-1-6(3-7(8)5-13)11(17)9(14)4-10(15)16/h1-3,5,9,11,14,17H,4H2,(H,15,16). The van der Waals surface area contributed by atoms with E-state index in [-0.39, 0.29) is 17.4 Å². The minimum atomic E-state index is -1.52. The fraction of sp³-hybridized carbons (Fsp3) is 0.273. The average molecular weight is 242 g/mol.